The molecule has 0 unspecified atom stereocenters. The highest BCUT2D eigenvalue weighted by atomic mass is 15.3. The Morgan fingerprint density at radius 1 is 1.32 bits per heavy atom. The van der Waals surface area contributed by atoms with E-state index >= 15 is 0 Å². The Morgan fingerprint density at radius 2 is 2.11 bits per heavy atom. The number of nitrogens with zero attached hydrogens (tertiary/aromatic N) is 4. The Kier molecular flexibility index (Phi) is 4.37. The van der Waals surface area contributed by atoms with Crippen molar-refractivity contribution in [3.8, 4) is 0 Å². The van der Waals surface area contributed by atoms with Crippen LogP contribution in [0.25, 0.3) is 0 Å². The largest absolute Gasteiger partial charge is 0.313 e. The monoisotopic (exact) mass is 261 g/mol. The van der Waals surface area contributed by atoms with Crippen LogP contribution in [0, 0.1) is 6.92 Å². The van der Waals surface area contributed by atoms with Crippen molar-refractivity contribution in [1.82, 2.24) is 24.9 Å². The normalized spacial score (nSPS) is 11.4. The summed E-state index contributed by atoms with van der Waals surface area (Å²) in [5.74, 6) is 0. The van der Waals surface area contributed by atoms with Gasteiger partial charge in [-0.15, -0.1) is 0 Å². The summed E-state index contributed by atoms with van der Waals surface area (Å²) in [5.41, 5.74) is 3.39. The maximum absolute atomic E-state index is 4.55. The lowest BCUT2D eigenvalue weighted by molar-refractivity contribution is 0.520. The molecule has 0 radical (unpaired) electrons. The zero-order valence-electron chi connectivity index (χ0n) is 12.2. The first-order chi connectivity index (χ1) is 9.10. The van der Waals surface area contributed by atoms with E-state index in [0.29, 0.717) is 6.04 Å². The molecule has 2 aromatic heterocycles. The number of hydrogen-bond acceptors (Lipinski definition) is 3. The molecule has 0 aromatic carbocycles. The first-order valence-electron chi connectivity index (χ1n) is 6.87. The minimum atomic E-state index is 0.400. The lowest BCUT2D eigenvalue weighted by Gasteiger charge is -2.03. The van der Waals surface area contributed by atoms with Gasteiger partial charge in [0.1, 0.15) is 0 Å². The quantitative estimate of drug-likeness (QED) is 0.866. The van der Waals surface area contributed by atoms with E-state index in [2.05, 4.69) is 55.5 Å². The van der Waals surface area contributed by atoms with Gasteiger partial charge < -0.3 is 5.32 Å². The third-order valence-corrected chi connectivity index (χ3v) is 3.13. The van der Waals surface area contributed by atoms with E-state index in [1.807, 2.05) is 15.6 Å². The summed E-state index contributed by atoms with van der Waals surface area (Å²) in [7, 11) is 0. The van der Waals surface area contributed by atoms with Gasteiger partial charge in [-0.2, -0.15) is 10.2 Å². The van der Waals surface area contributed by atoms with Gasteiger partial charge in [-0.25, -0.2) is 0 Å². The maximum Gasteiger partial charge on any atom is 0.0850 e. The highest BCUT2D eigenvalue weighted by Gasteiger charge is 2.07. The lowest BCUT2D eigenvalue weighted by atomic mass is 10.2. The van der Waals surface area contributed by atoms with E-state index < -0.39 is 0 Å². The Bertz CT molecular complexity index is 524. The van der Waals surface area contributed by atoms with Crippen molar-refractivity contribution in [1.29, 1.82) is 0 Å². The number of aryl methyl sites for hydroxylation is 1. The molecule has 0 fully saturated rings. The Labute approximate surface area is 114 Å². The Hall–Kier alpha value is -1.62. The van der Waals surface area contributed by atoms with Gasteiger partial charge in [0.25, 0.3) is 0 Å². The molecule has 2 aromatic rings. The molecule has 19 heavy (non-hydrogen) atoms. The van der Waals surface area contributed by atoms with E-state index in [-0.39, 0.29) is 0 Å². The van der Waals surface area contributed by atoms with Crippen LogP contribution in [-0.4, -0.2) is 26.1 Å². The van der Waals surface area contributed by atoms with Gasteiger partial charge in [-0.05, 0) is 33.4 Å². The van der Waals surface area contributed by atoms with Gasteiger partial charge in [-0.3, -0.25) is 9.36 Å². The molecule has 0 saturated heterocycles. The standard InChI is InChI=1S/C14H23N5/c1-5-15-8-13-9-18(16-12(13)4)10-14-6-7-19(17-14)11(2)3/h6-7,9,11,15H,5,8,10H2,1-4H3. The molecule has 2 rings (SSSR count). The van der Waals surface area contributed by atoms with Gasteiger partial charge in [-0.1, -0.05) is 6.92 Å². The third kappa shape index (κ3) is 3.44. The zero-order chi connectivity index (χ0) is 13.8. The summed E-state index contributed by atoms with van der Waals surface area (Å²) in [6.45, 7) is 11.0. The van der Waals surface area contributed by atoms with Crippen molar-refractivity contribution in [3.63, 3.8) is 0 Å². The highest BCUT2D eigenvalue weighted by molar-refractivity contribution is 5.16. The van der Waals surface area contributed by atoms with Crippen LogP contribution in [-0.2, 0) is 13.1 Å². The SMILES string of the molecule is CCNCc1cn(Cc2ccn(C(C)C)n2)nc1C. The summed E-state index contributed by atoms with van der Waals surface area (Å²) in [5, 5.41) is 12.4. The molecule has 0 saturated carbocycles. The Balaban J connectivity index is 2.05. The maximum atomic E-state index is 4.55. The summed E-state index contributed by atoms with van der Waals surface area (Å²) in [6.07, 6.45) is 4.13. The molecule has 0 aliphatic rings. The molecule has 104 valence electrons. The average molecular weight is 261 g/mol. The number of rotatable bonds is 6. The van der Waals surface area contributed by atoms with Crippen molar-refractivity contribution < 1.29 is 0 Å². The summed E-state index contributed by atoms with van der Waals surface area (Å²) < 4.78 is 3.94. The molecule has 2 heterocycles. The molecule has 0 bridgehead atoms. The predicted molar refractivity (Wildman–Crippen MR) is 76.1 cm³/mol. The predicted octanol–water partition coefficient (Wildman–Crippen LogP) is 2.13. The zero-order valence-corrected chi connectivity index (χ0v) is 12.2. The molecule has 5 nitrogen and oxygen atoms in total. The molecule has 0 spiro atoms. The van der Waals surface area contributed by atoms with Gasteiger partial charge in [0, 0.05) is 30.5 Å². The van der Waals surface area contributed by atoms with Crippen molar-refractivity contribution >= 4 is 0 Å². The van der Waals surface area contributed by atoms with Crippen LogP contribution in [0.5, 0.6) is 0 Å². The minimum absolute atomic E-state index is 0.400. The smallest absolute Gasteiger partial charge is 0.0850 e. The van der Waals surface area contributed by atoms with Crippen molar-refractivity contribution in [2.24, 2.45) is 0 Å². The molecule has 1 N–H and O–H groups in total. The first-order valence-corrected chi connectivity index (χ1v) is 6.87. The van der Waals surface area contributed by atoms with Crippen molar-refractivity contribution in [2.45, 2.75) is 46.8 Å². The van der Waals surface area contributed by atoms with Crippen LogP contribution in [0.4, 0.5) is 0 Å². The van der Waals surface area contributed by atoms with E-state index in [1.165, 1.54) is 5.56 Å². The molecule has 5 heteroatoms. The highest BCUT2D eigenvalue weighted by Crippen LogP contribution is 2.09. The summed E-state index contributed by atoms with van der Waals surface area (Å²) >= 11 is 0. The second-order valence-corrected chi connectivity index (χ2v) is 5.10. The summed E-state index contributed by atoms with van der Waals surface area (Å²) in [6, 6.07) is 2.46. The van der Waals surface area contributed by atoms with Crippen LogP contribution >= 0.6 is 0 Å². The second-order valence-electron chi connectivity index (χ2n) is 5.10. The van der Waals surface area contributed by atoms with E-state index in [1.54, 1.807) is 0 Å². The van der Waals surface area contributed by atoms with Crippen molar-refractivity contribution in [3.05, 3.63) is 35.4 Å². The van der Waals surface area contributed by atoms with E-state index in [9.17, 15) is 0 Å². The minimum Gasteiger partial charge on any atom is -0.313 e. The number of hydrogen-bond donors (Lipinski definition) is 1. The number of aromatic nitrogens is 4. The molecule has 0 amide bonds. The van der Waals surface area contributed by atoms with Gasteiger partial charge >= 0.3 is 0 Å². The van der Waals surface area contributed by atoms with Crippen LogP contribution in [0.3, 0.4) is 0 Å². The summed E-state index contributed by atoms with van der Waals surface area (Å²) in [4.78, 5) is 0. The van der Waals surface area contributed by atoms with E-state index in [4.69, 9.17) is 0 Å². The molecular weight excluding hydrogens is 238 g/mol. The van der Waals surface area contributed by atoms with Crippen LogP contribution < -0.4 is 5.32 Å². The average Bonchev–Trinajstić information content (AvgIpc) is 2.94. The molecule has 0 aliphatic heterocycles. The van der Waals surface area contributed by atoms with Crippen LogP contribution in [0.1, 0.15) is 43.8 Å². The van der Waals surface area contributed by atoms with Crippen molar-refractivity contribution in [2.75, 3.05) is 6.54 Å². The fraction of sp³-hybridized carbons (Fsp3) is 0.571. The number of nitrogens with one attached hydrogen (secondary N) is 1. The molecule has 0 atom stereocenters. The third-order valence-electron chi connectivity index (χ3n) is 3.13. The fourth-order valence-corrected chi connectivity index (χ4v) is 1.99. The van der Waals surface area contributed by atoms with Crippen LogP contribution in [0.15, 0.2) is 18.5 Å². The first kappa shape index (κ1) is 13.8. The topological polar surface area (TPSA) is 47.7 Å². The Morgan fingerprint density at radius 3 is 2.74 bits per heavy atom. The van der Waals surface area contributed by atoms with Gasteiger partial charge in [0.05, 0.1) is 17.9 Å². The fourth-order valence-electron chi connectivity index (χ4n) is 1.99. The van der Waals surface area contributed by atoms with Gasteiger partial charge in [0.2, 0.25) is 0 Å². The lowest BCUT2D eigenvalue weighted by Crippen LogP contribution is -2.11. The van der Waals surface area contributed by atoms with Crippen LogP contribution in [0.2, 0.25) is 0 Å². The second kappa shape index (κ2) is 6.02. The van der Waals surface area contributed by atoms with Gasteiger partial charge in [0.15, 0.2) is 0 Å². The molecular formula is C14H23N5. The van der Waals surface area contributed by atoms with E-state index in [0.717, 1.165) is 31.0 Å². The molecule has 0 aliphatic carbocycles.